The molecule has 0 aromatic carbocycles. The summed E-state index contributed by atoms with van der Waals surface area (Å²) in [5.41, 5.74) is 0. The van der Waals surface area contributed by atoms with Crippen LogP contribution < -0.4 is 37.2 Å². The summed E-state index contributed by atoms with van der Waals surface area (Å²) in [6, 6.07) is -5.33. The lowest BCUT2D eigenvalue weighted by molar-refractivity contribution is -0.270. The maximum Gasteiger partial charge on any atom is 0.243 e. The van der Waals surface area contributed by atoms with Crippen molar-refractivity contribution in [2.24, 2.45) is 0 Å². The van der Waals surface area contributed by atoms with Crippen LogP contribution in [0.15, 0.2) is 0 Å². The van der Waals surface area contributed by atoms with Crippen LogP contribution in [0.2, 0.25) is 0 Å². The molecule has 8 unspecified atom stereocenters. The van der Waals surface area contributed by atoms with Crippen molar-refractivity contribution in [2.75, 3.05) is 52.7 Å². The number of hydrogen-bond acceptors (Lipinski definition) is 23. The van der Waals surface area contributed by atoms with Crippen molar-refractivity contribution in [3.8, 4) is 0 Å². The second kappa shape index (κ2) is 38.3. The molecule has 3 aliphatic heterocycles. The number of ketones is 1. The largest absolute Gasteiger partial charge is 0.394 e. The third-order valence-electron chi connectivity index (χ3n) is 13.9. The SMILES string of the molecule is CC(=O)N[C@H]1C(O)[C@@H](O)C(CO)O[C@H]1OCCCCC(=O)NCCCCC(NC(=O)C(CCCCNC(=O)CCCCO[C@@H]1OC(CO)[C@H](O)C(O)[C@@H]1NC(C)=O)NC(=O)CCCCO[C@@H]1OC(CO)[C@H](O)C(O)[C@@H]1NC(C)=O)C(C)=O. The van der Waals surface area contributed by atoms with Crippen LogP contribution in [0.4, 0.5) is 0 Å². The Morgan fingerprint density at radius 2 is 0.744 bits per heavy atom. The summed E-state index contributed by atoms with van der Waals surface area (Å²) in [6.45, 7) is 3.82. The van der Waals surface area contributed by atoms with E-state index in [1.165, 1.54) is 27.7 Å². The Kier molecular flexibility index (Phi) is 33.5. The van der Waals surface area contributed by atoms with E-state index >= 15 is 0 Å². The van der Waals surface area contributed by atoms with Crippen LogP contribution in [0.25, 0.3) is 0 Å². The number of aliphatic hydroxyl groups excluding tert-OH is 9. The highest BCUT2D eigenvalue weighted by Gasteiger charge is 2.48. The molecule has 30 heteroatoms. The molecule has 16 N–H and O–H groups in total. The minimum absolute atomic E-state index is 0.00968. The Hall–Kier alpha value is -4.64. The highest BCUT2D eigenvalue weighted by Crippen LogP contribution is 2.25. The first kappa shape index (κ1) is 71.6. The molecule has 3 aliphatic rings. The summed E-state index contributed by atoms with van der Waals surface area (Å²) in [6.07, 6.45) is -11.4. The molecule has 0 aliphatic carbocycles. The van der Waals surface area contributed by atoms with Gasteiger partial charge in [0.1, 0.15) is 79.1 Å². The first-order valence-electron chi connectivity index (χ1n) is 28.2. The second-order valence-corrected chi connectivity index (χ2v) is 20.8. The third kappa shape index (κ3) is 24.9. The maximum atomic E-state index is 13.8. The number of rotatable bonds is 38. The zero-order chi connectivity index (χ0) is 60.9. The number of nitrogens with one attached hydrogen (secondary N) is 7. The van der Waals surface area contributed by atoms with E-state index in [-0.39, 0.29) is 95.5 Å². The maximum absolute atomic E-state index is 13.8. The van der Waals surface area contributed by atoms with Crippen molar-refractivity contribution in [3.63, 3.8) is 0 Å². The van der Waals surface area contributed by atoms with Crippen LogP contribution in [0, 0.1) is 0 Å². The van der Waals surface area contributed by atoms with E-state index < -0.39 is 153 Å². The summed E-state index contributed by atoms with van der Waals surface area (Å²) < 4.78 is 33.8. The number of hydrogen-bond donors (Lipinski definition) is 16. The van der Waals surface area contributed by atoms with Crippen molar-refractivity contribution < 1.29 is 113 Å². The molecule has 0 aromatic rings. The number of ether oxygens (including phenoxy) is 6. The summed E-state index contributed by atoms with van der Waals surface area (Å²) in [7, 11) is 0. The van der Waals surface area contributed by atoms with Crippen molar-refractivity contribution in [1.82, 2.24) is 37.2 Å². The molecule has 472 valence electrons. The van der Waals surface area contributed by atoms with Gasteiger partial charge in [-0.25, -0.2) is 0 Å². The molecule has 0 saturated carbocycles. The Labute approximate surface area is 476 Å². The number of Topliss-reactive ketones (excluding diaryl/α,β-unsaturated/α-hetero) is 1. The van der Waals surface area contributed by atoms with Gasteiger partial charge in [-0.2, -0.15) is 0 Å². The molecule has 3 heterocycles. The van der Waals surface area contributed by atoms with Gasteiger partial charge in [0.2, 0.25) is 41.4 Å². The van der Waals surface area contributed by atoms with Crippen molar-refractivity contribution in [3.05, 3.63) is 0 Å². The van der Waals surface area contributed by atoms with Gasteiger partial charge in [-0.05, 0) is 84.0 Å². The molecule has 0 radical (unpaired) electrons. The molecular weight excluding hydrogens is 1090 g/mol. The third-order valence-corrected chi connectivity index (χ3v) is 13.9. The van der Waals surface area contributed by atoms with E-state index in [1.807, 2.05) is 0 Å². The van der Waals surface area contributed by atoms with Gasteiger partial charge >= 0.3 is 0 Å². The number of unbranched alkanes of at least 4 members (excludes halogenated alkanes) is 5. The molecular formula is C52H91N7O23. The predicted octanol–water partition coefficient (Wildman–Crippen LogP) is -5.49. The van der Waals surface area contributed by atoms with Gasteiger partial charge in [-0.1, -0.05) is 0 Å². The summed E-state index contributed by atoms with van der Waals surface area (Å²) >= 11 is 0. The van der Waals surface area contributed by atoms with Gasteiger partial charge in [0, 0.05) is 72.9 Å². The van der Waals surface area contributed by atoms with E-state index in [0.29, 0.717) is 51.4 Å². The lowest BCUT2D eigenvalue weighted by Gasteiger charge is -2.42. The van der Waals surface area contributed by atoms with Crippen LogP contribution in [0.1, 0.15) is 124 Å². The topological polar surface area (TPSA) is 458 Å². The van der Waals surface area contributed by atoms with Crippen LogP contribution in [0.3, 0.4) is 0 Å². The van der Waals surface area contributed by atoms with Gasteiger partial charge in [0.05, 0.1) is 25.9 Å². The van der Waals surface area contributed by atoms with Crippen LogP contribution >= 0.6 is 0 Å². The zero-order valence-electron chi connectivity index (χ0n) is 47.3. The summed E-state index contributed by atoms with van der Waals surface area (Å²) in [4.78, 5) is 100. The number of aliphatic hydroxyl groups is 9. The van der Waals surface area contributed by atoms with Crippen molar-refractivity contribution in [2.45, 2.75) is 228 Å². The molecule has 30 nitrogen and oxygen atoms in total. The molecule has 3 fully saturated rings. The molecule has 3 rings (SSSR count). The average molecular weight is 1180 g/mol. The van der Waals surface area contributed by atoms with Gasteiger partial charge in [-0.15, -0.1) is 0 Å². The molecule has 0 spiro atoms. The van der Waals surface area contributed by atoms with E-state index in [0.717, 1.165) is 0 Å². The van der Waals surface area contributed by atoms with Gasteiger partial charge < -0.3 is 112 Å². The lowest BCUT2D eigenvalue weighted by atomic mass is 9.97. The Bertz CT molecular complexity index is 1980. The monoisotopic (exact) mass is 1180 g/mol. The first-order chi connectivity index (χ1) is 39.0. The molecule has 7 amide bonds. The minimum Gasteiger partial charge on any atom is -0.394 e. The summed E-state index contributed by atoms with van der Waals surface area (Å²) in [5, 5.41) is 109. The van der Waals surface area contributed by atoms with E-state index in [1.54, 1.807) is 0 Å². The quantitative estimate of drug-likeness (QED) is 0.0257. The Balaban J connectivity index is 1.47. The van der Waals surface area contributed by atoms with Crippen LogP contribution in [0.5, 0.6) is 0 Å². The predicted molar refractivity (Wildman–Crippen MR) is 284 cm³/mol. The average Bonchev–Trinajstić information content (AvgIpc) is 3.62. The first-order valence-corrected chi connectivity index (χ1v) is 28.2. The van der Waals surface area contributed by atoms with Gasteiger partial charge in [0.25, 0.3) is 0 Å². The fourth-order valence-electron chi connectivity index (χ4n) is 9.36. The lowest BCUT2D eigenvalue weighted by Crippen LogP contribution is -2.64. The van der Waals surface area contributed by atoms with E-state index in [4.69, 9.17) is 28.4 Å². The number of carbonyl (C=O) groups excluding carboxylic acids is 8. The van der Waals surface area contributed by atoms with E-state index in [2.05, 4.69) is 37.2 Å². The molecule has 82 heavy (non-hydrogen) atoms. The molecule has 0 aromatic heterocycles. The number of carbonyl (C=O) groups is 8. The smallest absolute Gasteiger partial charge is 0.243 e. The normalized spacial score (nSPS) is 28.9. The highest BCUT2D eigenvalue weighted by atomic mass is 16.7. The molecule has 17 atom stereocenters. The fraction of sp³-hybridized carbons (Fsp3) is 0.846. The zero-order valence-corrected chi connectivity index (χ0v) is 47.3. The van der Waals surface area contributed by atoms with Gasteiger partial charge in [-0.3, -0.25) is 38.4 Å². The summed E-state index contributed by atoms with van der Waals surface area (Å²) in [5.74, 6) is -3.45. The van der Waals surface area contributed by atoms with Crippen LogP contribution in [-0.2, 0) is 66.8 Å². The minimum atomic E-state index is -1.50. The fourth-order valence-corrected chi connectivity index (χ4v) is 9.36. The standard InChI is InChI=1S/C52H91N7O23/c1-28(63)32(15-5-10-20-53-37(67)17-7-12-22-77-50-40(55-29(2)64)46(73)43(70)34(25-60)80-50)59-49(76)33(58-39(69)19-9-14-24-79-52-42(57-31(4)66)48(75)45(72)36(27-62)82-52)16-6-11-21-54-38(68)18-8-13-23-78-51-41(56-30(3)65)47(74)44(71)35(26-61)81-51/h32-36,40-48,50-52,60-62,70-75H,5-27H2,1-4H3,(H,53,67)(H,54,68)(H,55,64)(H,56,65)(H,57,66)(H,58,69)(H,59,76)/t32?,33?,34?,35?,36?,40-,41-,42-,43-,44-,45-,46?,47?,48?,50+,51+,52+/m0/s1. The second-order valence-electron chi connectivity index (χ2n) is 20.8. The van der Waals surface area contributed by atoms with Crippen LogP contribution in [-0.4, -0.2) is 250 Å². The highest BCUT2D eigenvalue weighted by molar-refractivity contribution is 5.92. The van der Waals surface area contributed by atoms with Crippen molar-refractivity contribution >= 4 is 47.1 Å². The van der Waals surface area contributed by atoms with Crippen molar-refractivity contribution in [1.29, 1.82) is 0 Å². The molecule has 3 saturated heterocycles. The molecule has 0 bridgehead atoms. The Morgan fingerprint density at radius 3 is 1.06 bits per heavy atom. The number of amides is 7. The Morgan fingerprint density at radius 1 is 0.415 bits per heavy atom. The van der Waals surface area contributed by atoms with E-state index in [9.17, 15) is 84.3 Å². The van der Waals surface area contributed by atoms with Gasteiger partial charge in [0.15, 0.2) is 24.7 Å².